The van der Waals surface area contributed by atoms with E-state index in [4.69, 9.17) is 16.7 Å². The molecule has 3 aromatic rings. The van der Waals surface area contributed by atoms with Gasteiger partial charge in [0, 0.05) is 29.7 Å². The summed E-state index contributed by atoms with van der Waals surface area (Å²) in [5.74, 6) is -1.37. The van der Waals surface area contributed by atoms with Crippen LogP contribution in [0.2, 0.25) is 5.02 Å². The summed E-state index contributed by atoms with van der Waals surface area (Å²) in [5, 5.41) is 13.2. The minimum atomic E-state index is -0.738. The Morgan fingerprint density at radius 2 is 1.77 bits per heavy atom. The molecule has 1 fully saturated rings. The van der Waals surface area contributed by atoms with Gasteiger partial charge in [0.15, 0.2) is 0 Å². The first-order chi connectivity index (χ1) is 14.9. The van der Waals surface area contributed by atoms with Crippen LogP contribution in [0.4, 0.5) is 4.39 Å². The van der Waals surface area contributed by atoms with Gasteiger partial charge in [-0.25, -0.2) is 4.39 Å². The molecule has 2 N–H and O–H groups in total. The monoisotopic (exact) mass is 442 g/mol. The molecular weight excluding hydrogens is 419 g/mol. The van der Waals surface area contributed by atoms with E-state index in [9.17, 15) is 14.0 Å². The van der Waals surface area contributed by atoms with Crippen molar-refractivity contribution in [1.29, 1.82) is 0 Å². The van der Waals surface area contributed by atoms with E-state index in [0.29, 0.717) is 47.4 Å². The molecule has 0 atom stereocenters. The smallest absolute Gasteiger partial charge is 0.306 e. The van der Waals surface area contributed by atoms with Crippen molar-refractivity contribution in [3.8, 4) is 0 Å². The Morgan fingerprint density at radius 1 is 1.06 bits per heavy atom. The van der Waals surface area contributed by atoms with Gasteiger partial charge in [-0.3, -0.25) is 9.59 Å². The van der Waals surface area contributed by atoms with Crippen LogP contribution in [0.5, 0.6) is 0 Å². The molecule has 1 saturated carbocycles. The largest absolute Gasteiger partial charge is 0.481 e. The highest BCUT2D eigenvalue weighted by Gasteiger charge is 2.26. The molecule has 0 bridgehead atoms. The maximum absolute atomic E-state index is 14.4. The molecule has 1 aromatic heterocycles. The summed E-state index contributed by atoms with van der Waals surface area (Å²) >= 11 is 5.96. The first kappa shape index (κ1) is 21.4. The zero-order chi connectivity index (χ0) is 22.0. The number of nitrogens with zero attached hydrogens (tertiary/aromatic N) is 1. The van der Waals surface area contributed by atoms with Gasteiger partial charge in [0.2, 0.25) is 0 Å². The van der Waals surface area contributed by atoms with Crippen LogP contribution in [-0.4, -0.2) is 28.1 Å². The number of benzene rings is 2. The highest BCUT2D eigenvalue weighted by molar-refractivity contribution is 6.30. The third kappa shape index (κ3) is 4.74. The molecule has 31 heavy (non-hydrogen) atoms. The van der Waals surface area contributed by atoms with E-state index in [0.717, 1.165) is 18.4 Å². The summed E-state index contributed by atoms with van der Waals surface area (Å²) in [7, 11) is 0. The average molecular weight is 443 g/mol. The molecule has 5 nitrogen and oxygen atoms in total. The Morgan fingerprint density at radius 3 is 2.45 bits per heavy atom. The van der Waals surface area contributed by atoms with Crippen LogP contribution in [0, 0.1) is 17.7 Å². The molecule has 0 aliphatic heterocycles. The Kier molecular flexibility index (Phi) is 6.28. The number of nitrogens with one attached hydrogen (secondary N) is 1. The van der Waals surface area contributed by atoms with Crippen molar-refractivity contribution in [3.63, 3.8) is 0 Å². The van der Waals surface area contributed by atoms with Gasteiger partial charge in [0.1, 0.15) is 5.82 Å². The van der Waals surface area contributed by atoms with Crippen LogP contribution >= 0.6 is 11.6 Å². The number of aliphatic carboxylic acids is 1. The van der Waals surface area contributed by atoms with E-state index >= 15 is 0 Å². The maximum atomic E-state index is 14.4. The van der Waals surface area contributed by atoms with Gasteiger partial charge in [-0.1, -0.05) is 23.7 Å². The van der Waals surface area contributed by atoms with Crippen molar-refractivity contribution in [2.24, 2.45) is 11.8 Å². The second kappa shape index (κ2) is 9.10. The number of carboxylic acids is 1. The molecule has 0 saturated heterocycles. The lowest BCUT2D eigenvalue weighted by atomic mass is 9.82. The van der Waals surface area contributed by atoms with E-state index in [2.05, 4.69) is 5.32 Å². The number of fused-ring (bicyclic) bond motifs is 1. The highest BCUT2D eigenvalue weighted by atomic mass is 35.5. The van der Waals surface area contributed by atoms with Crippen LogP contribution in [0.3, 0.4) is 0 Å². The Hall–Kier alpha value is -2.86. The summed E-state index contributed by atoms with van der Waals surface area (Å²) in [6.45, 7) is 0.978. The summed E-state index contributed by atoms with van der Waals surface area (Å²) in [4.78, 5) is 24.1. The first-order valence-electron chi connectivity index (χ1n) is 10.4. The predicted molar refractivity (Wildman–Crippen MR) is 118 cm³/mol. The fourth-order valence-electron chi connectivity index (χ4n) is 4.34. The molecule has 1 heterocycles. The molecular formula is C24H24ClFN2O3. The topological polar surface area (TPSA) is 71.3 Å². The van der Waals surface area contributed by atoms with Crippen LogP contribution in [0.25, 0.3) is 10.9 Å². The molecule has 162 valence electrons. The zero-order valence-corrected chi connectivity index (χ0v) is 17.7. The van der Waals surface area contributed by atoms with Crippen LogP contribution in [0.15, 0.2) is 48.7 Å². The van der Waals surface area contributed by atoms with Crippen LogP contribution in [0.1, 0.15) is 41.6 Å². The quantitative estimate of drug-likeness (QED) is 0.557. The zero-order valence-electron chi connectivity index (χ0n) is 17.0. The number of carboxylic acid groups (broad SMARTS) is 1. The third-order valence-corrected chi connectivity index (χ3v) is 6.38. The minimum absolute atomic E-state index is 0.249. The molecule has 1 aliphatic carbocycles. The first-order valence-corrected chi connectivity index (χ1v) is 10.8. The summed E-state index contributed by atoms with van der Waals surface area (Å²) in [6.07, 6.45) is 4.62. The molecule has 4 rings (SSSR count). The number of hydrogen-bond acceptors (Lipinski definition) is 2. The molecule has 0 unspecified atom stereocenters. The number of amides is 1. The standard InChI is InChI=1S/C24H24ClFN2O3/c25-18-7-3-16(4-8-18)14-28-12-11-19-21(26)10-9-20(22(19)28)23(29)27-13-15-1-5-17(6-2-15)24(30)31/h3-4,7-12,15,17H,1-2,5-6,13-14H2,(H,27,29)(H,30,31)/t15-,17-. The number of aromatic nitrogens is 1. The fourth-order valence-corrected chi connectivity index (χ4v) is 4.46. The number of rotatable bonds is 6. The van der Waals surface area contributed by atoms with Gasteiger partial charge in [-0.2, -0.15) is 0 Å². The van der Waals surface area contributed by atoms with Crippen LogP contribution in [-0.2, 0) is 11.3 Å². The van der Waals surface area contributed by atoms with E-state index < -0.39 is 5.97 Å². The average Bonchev–Trinajstić information content (AvgIpc) is 3.19. The number of carbonyl (C=O) groups excluding carboxylic acids is 1. The van der Waals surface area contributed by atoms with Crippen molar-refractivity contribution in [2.75, 3.05) is 6.54 Å². The molecule has 2 aromatic carbocycles. The van der Waals surface area contributed by atoms with Crippen molar-refractivity contribution < 1.29 is 19.1 Å². The van der Waals surface area contributed by atoms with Gasteiger partial charge in [0.25, 0.3) is 5.91 Å². The lowest BCUT2D eigenvalue weighted by molar-refractivity contribution is -0.143. The Balaban J connectivity index is 1.51. The van der Waals surface area contributed by atoms with Gasteiger partial charge >= 0.3 is 5.97 Å². The van der Waals surface area contributed by atoms with E-state index in [-0.39, 0.29) is 23.6 Å². The van der Waals surface area contributed by atoms with Crippen LogP contribution < -0.4 is 5.32 Å². The molecule has 1 amide bonds. The number of hydrogen-bond donors (Lipinski definition) is 2. The maximum Gasteiger partial charge on any atom is 0.306 e. The number of carbonyl (C=O) groups is 2. The van der Waals surface area contributed by atoms with Crippen molar-refractivity contribution in [3.05, 3.63) is 70.6 Å². The van der Waals surface area contributed by atoms with E-state index in [1.165, 1.54) is 12.1 Å². The third-order valence-electron chi connectivity index (χ3n) is 6.13. The second-order valence-electron chi connectivity index (χ2n) is 8.19. The summed E-state index contributed by atoms with van der Waals surface area (Å²) in [5.41, 5.74) is 1.98. The molecule has 0 spiro atoms. The van der Waals surface area contributed by atoms with Crippen molar-refractivity contribution >= 4 is 34.4 Å². The highest BCUT2D eigenvalue weighted by Crippen LogP contribution is 2.29. The van der Waals surface area contributed by atoms with Crippen molar-refractivity contribution in [2.45, 2.75) is 32.2 Å². The van der Waals surface area contributed by atoms with Gasteiger partial charge < -0.3 is 15.0 Å². The second-order valence-corrected chi connectivity index (χ2v) is 8.63. The van der Waals surface area contributed by atoms with Crippen molar-refractivity contribution in [1.82, 2.24) is 9.88 Å². The summed E-state index contributed by atoms with van der Waals surface area (Å²) in [6, 6.07) is 11.9. The lowest BCUT2D eigenvalue weighted by Crippen LogP contribution is -2.32. The lowest BCUT2D eigenvalue weighted by Gasteiger charge is -2.26. The molecule has 1 aliphatic rings. The molecule has 0 radical (unpaired) electrons. The Labute approximate surface area is 184 Å². The molecule has 7 heteroatoms. The Bertz CT molecular complexity index is 1100. The number of halogens is 2. The predicted octanol–water partition coefficient (Wildman–Crippen LogP) is 5.10. The SMILES string of the molecule is O=C(NC[C@H]1CC[C@H](C(=O)O)CC1)c1ccc(F)c2ccn(Cc3ccc(Cl)cc3)c12. The summed E-state index contributed by atoms with van der Waals surface area (Å²) < 4.78 is 16.3. The van der Waals surface area contributed by atoms with Gasteiger partial charge in [0.05, 0.1) is 17.0 Å². The van der Waals surface area contributed by atoms with E-state index in [1.54, 1.807) is 24.4 Å². The minimum Gasteiger partial charge on any atom is -0.481 e. The van der Waals surface area contributed by atoms with Gasteiger partial charge in [-0.05, 0) is 67.5 Å². The fraction of sp³-hybridized carbons (Fsp3) is 0.333. The van der Waals surface area contributed by atoms with Gasteiger partial charge in [-0.15, -0.1) is 0 Å². The normalized spacial score (nSPS) is 18.8. The van der Waals surface area contributed by atoms with E-state index in [1.807, 2.05) is 16.7 Å².